The van der Waals surface area contributed by atoms with Crippen LogP contribution in [0.4, 0.5) is 5.69 Å². The van der Waals surface area contributed by atoms with Gasteiger partial charge in [0.25, 0.3) is 10.0 Å². The Labute approximate surface area is 155 Å². The van der Waals surface area contributed by atoms with Crippen LogP contribution in [0.3, 0.4) is 0 Å². The number of thioether (sulfide) groups is 1. The lowest BCUT2D eigenvalue weighted by Crippen LogP contribution is -2.19. The van der Waals surface area contributed by atoms with Crippen LogP contribution in [-0.2, 0) is 10.0 Å². The van der Waals surface area contributed by atoms with Crippen LogP contribution in [0.15, 0.2) is 63.8 Å². The maximum Gasteiger partial charge on any atom is 0.261 e. The van der Waals surface area contributed by atoms with E-state index in [2.05, 4.69) is 20.0 Å². The number of nitrogens with one attached hydrogen (secondary N) is 1. The highest BCUT2D eigenvalue weighted by molar-refractivity contribution is 8.16. The van der Waals surface area contributed by atoms with Crippen LogP contribution < -0.4 is 4.72 Å². The van der Waals surface area contributed by atoms with Crippen molar-refractivity contribution in [1.82, 2.24) is 4.90 Å². The Morgan fingerprint density at radius 2 is 1.80 bits per heavy atom. The van der Waals surface area contributed by atoms with Crippen molar-refractivity contribution in [1.29, 1.82) is 0 Å². The number of aliphatic imine (C=N–C) groups is 1. The molecule has 8 heteroatoms. The summed E-state index contributed by atoms with van der Waals surface area (Å²) in [5.41, 5.74) is 2.66. The minimum Gasteiger partial charge on any atom is -0.318 e. The molecule has 2 aliphatic rings. The van der Waals surface area contributed by atoms with Gasteiger partial charge in [0.1, 0.15) is 0 Å². The minimum atomic E-state index is -3.63. The Morgan fingerprint density at radius 3 is 2.52 bits per heavy atom. The first-order chi connectivity index (χ1) is 12.0. The Bertz CT molecular complexity index is 968. The molecule has 25 heavy (non-hydrogen) atoms. The van der Waals surface area contributed by atoms with Gasteiger partial charge in [-0.25, -0.2) is 8.42 Å². The molecule has 0 radical (unpaired) electrons. The van der Waals surface area contributed by atoms with Gasteiger partial charge in [-0.05, 0) is 42.0 Å². The van der Waals surface area contributed by atoms with E-state index in [1.807, 2.05) is 12.1 Å². The summed E-state index contributed by atoms with van der Waals surface area (Å²) in [4.78, 5) is 6.78. The fraction of sp³-hybridized carbons (Fsp3) is 0.118. The van der Waals surface area contributed by atoms with E-state index in [9.17, 15) is 8.42 Å². The van der Waals surface area contributed by atoms with Crippen molar-refractivity contribution < 1.29 is 8.42 Å². The topological polar surface area (TPSA) is 61.8 Å². The summed E-state index contributed by atoms with van der Waals surface area (Å²) in [7, 11) is -3.63. The molecule has 0 aliphatic carbocycles. The third-order valence-corrected chi connectivity index (χ3v) is 6.48. The van der Waals surface area contributed by atoms with Gasteiger partial charge < -0.3 is 4.90 Å². The molecule has 0 saturated heterocycles. The molecule has 2 aliphatic heterocycles. The van der Waals surface area contributed by atoms with Crippen LogP contribution in [0.1, 0.15) is 5.56 Å². The van der Waals surface area contributed by atoms with Crippen LogP contribution in [0.2, 0.25) is 5.02 Å². The first-order valence-electron chi connectivity index (χ1n) is 7.61. The van der Waals surface area contributed by atoms with Crippen molar-refractivity contribution in [3.8, 4) is 0 Å². The average molecular weight is 392 g/mol. The number of fused-ring (bicyclic) bond motifs is 1. The number of hydrogen-bond acceptors (Lipinski definition) is 5. The molecule has 2 aromatic rings. The van der Waals surface area contributed by atoms with Crippen molar-refractivity contribution in [3.05, 3.63) is 64.5 Å². The monoisotopic (exact) mass is 391 g/mol. The van der Waals surface area contributed by atoms with Gasteiger partial charge in [0, 0.05) is 22.7 Å². The highest BCUT2D eigenvalue weighted by Crippen LogP contribution is 2.35. The molecule has 0 fully saturated rings. The zero-order valence-corrected chi connectivity index (χ0v) is 15.4. The lowest BCUT2D eigenvalue weighted by atomic mass is 10.1. The quantitative estimate of drug-likeness (QED) is 0.859. The van der Waals surface area contributed by atoms with Crippen molar-refractivity contribution >= 4 is 49.9 Å². The van der Waals surface area contributed by atoms with Gasteiger partial charge in [0.15, 0.2) is 5.17 Å². The second kappa shape index (κ2) is 6.40. The summed E-state index contributed by atoms with van der Waals surface area (Å²) in [6.45, 7) is 1.71. The molecule has 0 spiro atoms. The van der Waals surface area contributed by atoms with E-state index in [4.69, 9.17) is 11.6 Å². The lowest BCUT2D eigenvalue weighted by Gasteiger charge is -2.17. The van der Waals surface area contributed by atoms with Gasteiger partial charge in [0.05, 0.1) is 17.1 Å². The molecule has 4 rings (SSSR count). The van der Waals surface area contributed by atoms with Crippen molar-refractivity contribution in [2.75, 3.05) is 17.8 Å². The van der Waals surface area contributed by atoms with Gasteiger partial charge in [-0.1, -0.05) is 35.5 Å². The summed E-state index contributed by atoms with van der Waals surface area (Å²) in [5.74, 6) is 0. The van der Waals surface area contributed by atoms with Gasteiger partial charge in [-0.3, -0.25) is 9.71 Å². The Morgan fingerprint density at radius 1 is 1.08 bits per heavy atom. The zero-order chi connectivity index (χ0) is 17.4. The number of hydrogen-bond donors (Lipinski definition) is 1. The SMILES string of the molecule is O=S(=O)(Nc1ccc(C2=CSC3=NCCN23)cc1)c1ccc(Cl)cc1. The maximum absolute atomic E-state index is 12.4. The van der Waals surface area contributed by atoms with Gasteiger partial charge in [0.2, 0.25) is 0 Å². The maximum atomic E-state index is 12.4. The molecular formula is C17H14ClN3O2S2. The fourth-order valence-corrected chi connectivity index (χ4v) is 4.83. The number of amidine groups is 1. The zero-order valence-electron chi connectivity index (χ0n) is 13.0. The predicted octanol–water partition coefficient (Wildman–Crippen LogP) is 3.86. The van der Waals surface area contributed by atoms with Gasteiger partial charge in [-0.15, -0.1) is 0 Å². The average Bonchev–Trinajstić information content (AvgIpc) is 3.19. The molecule has 2 aromatic carbocycles. The van der Waals surface area contributed by atoms with Crippen LogP contribution in [0.25, 0.3) is 5.70 Å². The molecule has 5 nitrogen and oxygen atoms in total. The van der Waals surface area contributed by atoms with Gasteiger partial charge in [-0.2, -0.15) is 0 Å². The molecule has 1 N–H and O–H groups in total. The molecule has 0 aromatic heterocycles. The van der Waals surface area contributed by atoms with Crippen LogP contribution in [0.5, 0.6) is 0 Å². The Balaban J connectivity index is 1.53. The van der Waals surface area contributed by atoms with Crippen molar-refractivity contribution in [3.63, 3.8) is 0 Å². The standard InChI is InChI=1S/C17H14ClN3O2S2/c18-13-3-7-15(8-4-13)25(22,23)20-14-5-1-12(2-6-14)16-11-24-17-19-9-10-21(16)17/h1-8,11,20H,9-10H2. The minimum absolute atomic E-state index is 0.175. The highest BCUT2D eigenvalue weighted by atomic mass is 35.5. The summed E-state index contributed by atoms with van der Waals surface area (Å²) in [6.07, 6.45) is 0. The van der Waals surface area contributed by atoms with Crippen LogP contribution >= 0.6 is 23.4 Å². The number of rotatable bonds is 4. The van der Waals surface area contributed by atoms with E-state index in [-0.39, 0.29) is 4.90 Å². The van der Waals surface area contributed by atoms with E-state index < -0.39 is 10.0 Å². The normalized spacial score (nSPS) is 16.4. The number of nitrogens with zero attached hydrogens (tertiary/aromatic N) is 2. The largest absolute Gasteiger partial charge is 0.318 e. The summed E-state index contributed by atoms with van der Waals surface area (Å²) in [5, 5.41) is 3.60. The Kier molecular flexibility index (Phi) is 4.23. The summed E-state index contributed by atoms with van der Waals surface area (Å²) < 4.78 is 27.4. The van der Waals surface area contributed by atoms with E-state index in [0.29, 0.717) is 10.7 Å². The summed E-state index contributed by atoms with van der Waals surface area (Å²) >= 11 is 7.43. The third kappa shape index (κ3) is 3.27. The second-order valence-corrected chi connectivity index (χ2v) is 8.53. The number of benzene rings is 2. The molecule has 0 amide bonds. The second-order valence-electron chi connectivity index (χ2n) is 5.57. The smallest absolute Gasteiger partial charge is 0.261 e. The number of sulfonamides is 1. The van der Waals surface area contributed by atoms with Crippen molar-refractivity contribution in [2.24, 2.45) is 4.99 Å². The van der Waals surface area contributed by atoms with Crippen LogP contribution in [0, 0.1) is 0 Å². The molecule has 0 saturated carbocycles. The summed E-state index contributed by atoms with van der Waals surface area (Å²) in [6, 6.07) is 13.4. The lowest BCUT2D eigenvalue weighted by molar-refractivity contribution is 0.601. The first kappa shape index (κ1) is 16.5. The molecule has 0 atom stereocenters. The molecule has 0 unspecified atom stereocenters. The predicted molar refractivity (Wildman–Crippen MR) is 103 cm³/mol. The van der Waals surface area contributed by atoms with E-state index in [1.165, 1.54) is 12.1 Å². The Hall–Kier alpha value is -1.96. The number of halogens is 1. The molecule has 2 heterocycles. The van der Waals surface area contributed by atoms with E-state index >= 15 is 0 Å². The highest BCUT2D eigenvalue weighted by Gasteiger charge is 2.27. The first-order valence-corrected chi connectivity index (χ1v) is 10.3. The number of anilines is 1. The third-order valence-electron chi connectivity index (χ3n) is 3.93. The molecule has 0 bridgehead atoms. The molecule has 128 valence electrons. The molecular weight excluding hydrogens is 378 g/mol. The van der Waals surface area contributed by atoms with Crippen molar-refractivity contribution in [2.45, 2.75) is 4.90 Å². The van der Waals surface area contributed by atoms with E-state index in [1.54, 1.807) is 36.0 Å². The van der Waals surface area contributed by atoms with Crippen LogP contribution in [-0.4, -0.2) is 31.6 Å². The fourth-order valence-electron chi connectivity index (χ4n) is 2.68. The van der Waals surface area contributed by atoms with E-state index in [0.717, 1.165) is 29.5 Å². The van der Waals surface area contributed by atoms with Gasteiger partial charge >= 0.3 is 0 Å².